The summed E-state index contributed by atoms with van der Waals surface area (Å²) >= 11 is 16.8. The summed E-state index contributed by atoms with van der Waals surface area (Å²) in [6.07, 6.45) is 0. The van der Waals surface area contributed by atoms with Crippen LogP contribution >= 0.6 is 34.8 Å². The highest BCUT2D eigenvalue weighted by atomic mass is 35.5. The lowest BCUT2D eigenvalue weighted by Gasteiger charge is -2.06. The van der Waals surface area contributed by atoms with Gasteiger partial charge in [0.1, 0.15) is 5.82 Å². The molecule has 0 saturated carbocycles. The molecule has 1 nitrogen and oxygen atoms in total. The van der Waals surface area contributed by atoms with Crippen LogP contribution in [0.2, 0.25) is 5.02 Å². The third-order valence-electron chi connectivity index (χ3n) is 1.50. The van der Waals surface area contributed by atoms with Gasteiger partial charge in [0.25, 0.3) is 0 Å². The van der Waals surface area contributed by atoms with Crippen LogP contribution in [0.5, 0.6) is 0 Å². The number of benzene rings is 1. The lowest BCUT2D eigenvalue weighted by molar-refractivity contribution is 0.628. The second-order valence-electron chi connectivity index (χ2n) is 2.53. The van der Waals surface area contributed by atoms with Crippen LogP contribution in [0, 0.1) is 5.82 Å². The van der Waals surface area contributed by atoms with Crippen LogP contribution in [-0.2, 0) is 0 Å². The second kappa shape index (κ2) is 5.44. The van der Waals surface area contributed by atoms with E-state index in [9.17, 15) is 4.39 Å². The first kappa shape index (κ1) is 11.6. The van der Waals surface area contributed by atoms with Crippen molar-refractivity contribution < 1.29 is 4.39 Å². The number of nitrogens with one attached hydrogen (secondary N) is 1. The van der Waals surface area contributed by atoms with Crippen molar-refractivity contribution in [1.29, 1.82) is 0 Å². The van der Waals surface area contributed by atoms with Gasteiger partial charge >= 0.3 is 0 Å². The number of rotatable bonds is 3. The molecule has 0 fully saturated rings. The van der Waals surface area contributed by atoms with E-state index in [1.54, 1.807) is 0 Å². The van der Waals surface area contributed by atoms with Gasteiger partial charge in [0, 0.05) is 10.6 Å². The third-order valence-corrected chi connectivity index (χ3v) is 2.43. The highest BCUT2D eigenvalue weighted by Crippen LogP contribution is 2.22. The third kappa shape index (κ3) is 3.37. The molecule has 0 aliphatic rings. The summed E-state index contributed by atoms with van der Waals surface area (Å²) < 4.78 is 12.6. The largest absolute Gasteiger partial charge is 0.379 e. The molecule has 0 amide bonds. The van der Waals surface area contributed by atoms with Crippen LogP contribution in [0.4, 0.5) is 10.1 Å². The van der Waals surface area contributed by atoms with E-state index < -0.39 is 0 Å². The fourth-order valence-electron chi connectivity index (χ4n) is 0.851. The Morgan fingerprint density at radius 1 is 1.50 bits per heavy atom. The van der Waals surface area contributed by atoms with Crippen LogP contribution in [0.25, 0.3) is 0 Å². The normalized spacial score (nSPS) is 11.6. The number of hydrogen-bond acceptors (Lipinski definition) is 1. The van der Waals surface area contributed by atoms with Crippen LogP contribution in [0.1, 0.15) is 0 Å². The molecule has 0 bridgehead atoms. The Balaban J connectivity index is 2.68. The lowest BCUT2D eigenvalue weighted by Crippen LogP contribution is -2.01. The van der Waals surface area contributed by atoms with Gasteiger partial charge in [-0.05, 0) is 18.2 Å². The fraction of sp³-hybridized carbons (Fsp3) is 0.111. The van der Waals surface area contributed by atoms with Crippen molar-refractivity contribution in [2.45, 2.75) is 0 Å². The highest BCUT2D eigenvalue weighted by molar-refractivity contribution is 6.37. The van der Waals surface area contributed by atoms with E-state index in [2.05, 4.69) is 5.32 Å². The zero-order chi connectivity index (χ0) is 10.6. The summed E-state index contributed by atoms with van der Waals surface area (Å²) in [6.45, 7) is 0.358. The predicted octanol–water partition coefficient (Wildman–Crippen LogP) is 4.21. The summed E-state index contributed by atoms with van der Waals surface area (Å²) in [6, 6.07) is 4.07. The number of hydrogen-bond donors (Lipinski definition) is 1. The van der Waals surface area contributed by atoms with Gasteiger partial charge in [-0.3, -0.25) is 0 Å². The first-order valence-corrected chi connectivity index (χ1v) is 4.96. The Kier molecular flexibility index (Phi) is 4.52. The molecule has 5 heteroatoms. The quantitative estimate of drug-likeness (QED) is 0.852. The minimum Gasteiger partial charge on any atom is -0.379 e. The monoisotopic (exact) mass is 253 g/mol. The molecule has 1 aromatic rings. The molecule has 1 N–H and O–H groups in total. The second-order valence-corrected chi connectivity index (χ2v) is 3.64. The van der Waals surface area contributed by atoms with E-state index in [4.69, 9.17) is 34.8 Å². The first-order valence-electron chi connectivity index (χ1n) is 3.77. The average molecular weight is 255 g/mol. The van der Waals surface area contributed by atoms with E-state index in [-0.39, 0.29) is 5.82 Å². The molecular formula is C9H7Cl3FN. The van der Waals surface area contributed by atoms with Crippen molar-refractivity contribution in [3.63, 3.8) is 0 Å². The Morgan fingerprint density at radius 3 is 2.79 bits per heavy atom. The van der Waals surface area contributed by atoms with Crippen molar-refractivity contribution in [1.82, 2.24) is 0 Å². The molecule has 0 aromatic heterocycles. The zero-order valence-corrected chi connectivity index (χ0v) is 9.30. The summed E-state index contributed by atoms with van der Waals surface area (Å²) in [7, 11) is 0. The van der Waals surface area contributed by atoms with Crippen molar-refractivity contribution >= 4 is 40.5 Å². The molecule has 0 unspecified atom stereocenters. The molecule has 76 valence electrons. The maximum Gasteiger partial charge on any atom is 0.124 e. The maximum atomic E-state index is 12.6. The molecule has 1 rings (SSSR count). The summed E-state index contributed by atoms with van der Waals surface area (Å²) in [5.41, 5.74) is 1.87. The van der Waals surface area contributed by atoms with Crippen molar-refractivity contribution in [2.24, 2.45) is 0 Å². The molecule has 0 aliphatic carbocycles. The van der Waals surface area contributed by atoms with Gasteiger partial charge in [-0.1, -0.05) is 34.8 Å². The van der Waals surface area contributed by atoms with Crippen LogP contribution in [-0.4, -0.2) is 6.54 Å². The number of anilines is 1. The van der Waals surface area contributed by atoms with Crippen molar-refractivity contribution in [2.75, 3.05) is 11.9 Å². The summed E-state index contributed by atoms with van der Waals surface area (Å²) in [5, 5.41) is 3.67. The summed E-state index contributed by atoms with van der Waals surface area (Å²) in [4.78, 5) is 0. The predicted molar refractivity (Wildman–Crippen MR) is 59.7 cm³/mol. The minimum absolute atomic E-state index is 0.309. The Hall–Kier alpha value is -0.440. The standard InChI is InChI=1S/C9H7Cl3FN/c10-4-6(11)5-14-9-2-1-7(13)3-8(9)12/h1-4,14H,5H2. The van der Waals surface area contributed by atoms with Gasteiger partial charge in [0.2, 0.25) is 0 Å². The summed E-state index contributed by atoms with van der Waals surface area (Å²) in [5.74, 6) is -0.375. The van der Waals surface area contributed by atoms with Gasteiger partial charge in [-0.2, -0.15) is 0 Å². The van der Waals surface area contributed by atoms with Crippen molar-refractivity contribution in [3.8, 4) is 0 Å². The molecule has 0 spiro atoms. The lowest BCUT2D eigenvalue weighted by atomic mass is 10.3. The Labute approximate surface area is 96.5 Å². The zero-order valence-electron chi connectivity index (χ0n) is 7.03. The van der Waals surface area contributed by atoms with Gasteiger partial charge in [0.05, 0.1) is 17.3 Å². The highest BCUT2D eigenvalue weighted by Gasteiger charge is 2.01. The Bertz CT molecular complexity index is 352. The van der Waals surface area contributed by atoms with E-state index >= 15 is 0 Å². The van der Waals surface area contributed by atoms with E-state index in [0.29, 0.717) is 22.3 Å². The minimum atomic E-state index is -0.375. The van der Waals surface area contributed by atoms with Crippen LogP contribution in [0.3, 0.4) is 0 Å². The van der Waals surface area contributed by atoms with Gasteiger partial charge in [-0.15, -0.1) is 0 Å². The van der Waals surface area contributed by atoms with Crippen LogP contribution < -0.4 is 5.32 Å². The van der Waals surface area contributed by atoms with E-state index in [1.165, 1.54) is 23.7 Å². The average Bonchev–Trinajstić information content (AvgIpc) is 2.16. The maximum absolute atomic E-state index is 12.6. The SMILES string of the molecule is Fc1ccc(NCC(Cl)=CCl)c(Cl)c1. The fourth-order valence-corrected chi connectivity index (χ4v) is 1.23. The van der Waals surface area contributed by atoms with Gasteiger partial charge < -0.3 is 5.32 Å². The molecule has 0 saturated heterocycles. The smallest absolute Gasteiger partial charge is 0.124 e. The topological polar surface area (TPSA) is 12.0 Å². The Morgan fingerprint density at radius 2 is 2.21 bits per heavy atom. The van der Waals surface area contributed by atoms with E-state index in [0.717, 1.165) is 0 Å². The van der Waals surface area contributed by atoms with Crippen LogP contribution in [0.15, 0.2) is 28.8 Å². The molecule has 0 heterocycles. The van der Waals surface area contributed by atoms with Gasteiger partial charge in [0.15, 0.2) is 0 Å². The van der Waals surface area contributed by atoms with Crippen molar-refractivity contribution in [3.05, 3.63) is 39.6 Å². The molecule has 0 atom stereocenters. The van der Waals surface area contributed by atoms with E-state index in [1.807, 2.05) is 0 Å². The molecular weight excluding hydrogens is 247 g/mol. The molecule has 1 aromatic carbocycles. The molecule has 0 radical (unpaired) electrons. The molecule has 0 aliphatic heterocycles. The first-order chi connectivity index (χ1) is 6.63. The molecule has 14 heavy (non-hydrogen) atoms. The van der Waals surface area contributed by atoms with Gasteiger partial charge in [-0.25, -0.2) is 4.39 Å². The number of halogens is 4.